The molecule has 0 rings (SSSR count). The van der Waals surface area contributed by atoms with Gasteiger partial charge in [0.05, 0.1) is 0 Å². The first-order valence-electron chi connectivity index (χ1n) is 28.4. The first kappa shape index (κ1) is 65.1. The van der Waals surface area contributed by atoms with Crippen molar-refractivity contribution < 1.29 is 28.6 Å². The van der Waals surface area contributed by atoms with E-state index in [2.05, 4.69) is 130 Å². The Hall–Kier alpha value is -3.93. The van der Waals surface area contributed by atoms with Gasteiger partial charge in [0.1, 0.15) is 13.2 Å². The van der Waals surface area contributed by atoms with E-state index in [1.165, 1.54) is 70.6 Å². The smallest absolute Gasteiger partial charge is 0.306 e. The third-order valence-electron chi connectivity index (χ3n) is 11.8. The molecule has 6 heteroatoms. The van der Waals surface area contributed by atoms with Gasteiger partial charge in [-0.15, -0.1) is 0 Å². The number of rotatable bonds is 50. The van der Waals surface area contributed by atoms with Crippen molar-refractivity contribution in [1.82, 2.24) is 0 Å². The zero-order valence-corrected chi connectivity index (χ0v) is 44.8. The predicted octanol–water partition coefficient (Wildman–Crippen LogP) is 19.1. The van der Waals surface area contributed by atoms with Gasteiger partial charge in [-0.3, -0.25) is 14.4 Å². The SMILES string of the molecule is CC/C=C\C/C=C\C/C=C\C/C=C\C/C=C\C/C=C\CCCCCCCCCCC(=O)OCC(COC(=O)CCCCCCCCCCC)OC(=O)CCCCCCC/C=C\C/C=C\C/C=C\CC. The number of ether oxygens (including phenoxy) is 3. The lowest BCUT2D eigenvalue weighted by Gasteiger charge is -2.18. The summed E-state index contributed by atoms with van der Waals surface area (Å²) in [6, 6.07) is 0. The molecule has 0 saturated heterocycles. The highest BCUT2D eigenvalue weighted by molar-refractivity contribution is 5.71. The van der Waals surface area contributed by atoms with Gasteiger partial charge in [0.15, 0.2) is 6.10 Å². The molecule has 1 unspecified atom stereocenters. The molecule has 0 amide bonds. The van der Waals surface area contributed by atoms with E-state index in [-0.39, 0.29) is 31.1 Å². The number of hydrogen-bond donors (Lipinski definition) is 0. The summed E-state index contributed by atoms with van der Waals surface area (Å²) in [6.07, 6.45) is 76.6. The normalized spacial score (nSPS) is 12.9. The highest BCUT2D eigenvalue weighted by atomic mass is 16.6. The Labute approximate surface area is 425 Å². The Balaban J connectivity index is 4.27. The second kappa shape index (κ2) is 56.7. The van der Waals surface area contributed by atoms with Crippen molar-refractivity contribution >= 4 is 17.9 Å². The van der Waals surface area contributed by atoms with Crippen molar-refractivity contribution in [3.8, 4) is 0 Å². The monoisotopic (exact) mass is 957 g/mol. The maximum atomic E-state index is 12.8. The fourth-order valence-corrected chi connectivity index (χ4v) is 7.58. The molecule has 0 spiro atoms. The molecule has 0 aliphatic carbocycles. The van der Waals surface area contributed by atoms with E-state index >= 15 is 0 Å². The molecular formula is C63H104O6. The van der Waals surface area contributed by atoms with Crippen LogP contribution < -0.4 is 0 Å². The largest absolute Gasteiger partial charge is 0.462 e. The van der Waals surface area contributed by atoms with E-state index < -0.39 is 6.10 Å². The number of hydrogen-bond acceptors (Lipinski definition) is 6. The first-order chi connectivity index (χ1) is 34.0. The van der Waals surface area contributed by atoms with Crippen LogP contribution in [0.25, 0.3) is 0 Å². The topological polar surface area (TPSA) is 78.9 Å². The molecule has 0 heterocycles. The lowest BCUT2D eigenvalue weighted by molar-refractivity contribution is -0.167. The quantitative estimate of drug-likeness (QED) is 0.0262. The summed E-state index contributed by atoms with van der Waals surface area (Å²) in [4.78, 5) is 38.0. The molecule has 0 aliphatic heterocycles. The van der Waals surface area contributed by atoms with Crippen LogP contribution in [-0.2, 0) is 28.6 Å². The van der Waals surface area contributed by atoms with Gasteiger partial charge in [-0.1, -0.05) is 239 Å². The second-order valence-corrected chi connectivity index (χ2v) is 18.4. The van der Waals surface area contributed by atoms with E-state index in [4.69, 9.17) is 14.2 Å². The molecule has 0 aromatic rings. The maximum Gasteiger partial charge on any atom is 0.306 e. The number of carbonyl (C=O) groups is 3. The minimum absolute atomic E-state index is 0.0874. The number of unbranched alkanes of at least 4 members (excludes halogenated alkanes) is 21. The number of allylic oxidation sites excluding steroid dienone is 18. The van der Waals surface area contributed by atoms with Crippen molar-refractivity contribution in [2.75, 3.05) is 13.2 Å². The lowest BCUT2D eigenvalue weighted by atomic mass is 10.1. The third-order valence-corrected chi connectivity index (χ3v) is 11.8. The predicted molar refractivity (Wildman–Crippen MR) is 297 cm³/mol. The van der Waals surface area contributed by atoms with E-state index in [1.807, 2.05) is 0 Å². The van der Waals surface area contributed by atoms with Crippen molar-refractivity contribution in [3.05, 3.63) is 109 Å². The van der Waals surface area contributed by atoms with Gasteiger partial charge in [0.2, 0.25) is 0 Å². The molecule has 1 atom stereocenters. The fraction of sp³-hybridized carbons (Fsp3) is 0.667. The van der Waals surface area contributed by atoms with Crippen molar-refractivity contribution in [3.63, 3.8) is 0 Å². The zero-order valence-electron chi connectivity index (χ0n) is 44.8. The summed E-state index contributed by atoms with van der Waals surface area (Å²) in [5.74, 6) is -0.917. The summed E-state index contributed by atoms with van der Waals surface area (Å²) in [6.45, 7) is 6.37. The lowest BCUT2D eigenvalue weighted by Crippen LogP contribution is -2.30. The van der Waals surface area contributed by atoms with Crippen molar-refractivity contribution in [1.29, 1.82) is 0 Å². The summed E-state index contributed by atoms with van der Waals surface area (Å²) >= 11 is 0. The minimum atomic E-state index is -0.789. The van der Waals surface area contributed by atoms with Crippen LogP contribution in [0, 0.1) is 0 Å². The van der Waals surface area contributed by atoms with Crippen LogP contribution in [0.3, 0.4) is 0 Å². The van der Waals surface area contributed by atoms with E-state index in [0.717, 1.165) is 141 Å². The molecule has 0 bridgehead atoms. The highest BCUT2D eigenvalue weighted by Crippen LogP contribution is 2.14. The molecule has 0 aromatic carbocycles. The van der Waals surface area contributed by atoms with Gasteiger partial charge in [0.25, 0.3) is 0 Å². The van der Waals surface area contributed by atoms with E-state index in [9.17, 15) is 14.4 Å². The molecule has 6 nitrogen and oxygen atoms in total. The van der Waals surface area contributed by atoms with Crippen LogP contribution in [-0.4, -0.2) is 37.2 Å². The van der Waals surface area contributed by atoms with Gasteiger partial charge >= 0.3 is 17.9 Å². The third kappa shape index (κ3) is 54.9. The fourth-order valence-electron chi connectivity index (χ4n) is 7.58. The van der Waals surface area contributed by atoms with Crippen LogP contribution in [0.5, 0.6) is 0 Å². The number of esters is 3. The Morgan fingerprint density at radius 2 is 0.565 bits per heavy atom. The Morgan fingerprint density at radius 3 is 0.884 bits per heavy atom. The zero-order chi connectivity index (χ0) is 50.0. The van der Waals surface area contributed by atoms with Gasteiger partial charge in [-0.05, 0) is 103 Å². The molecule has 392 valence electrons. The maximum absolute atomic E-state index is 12.8. The van der Waals surface area contributed by atoms with Crippen molar-refractivity contribution in [2.24, 2.45) is 0 Å². The minimum Gasteiger partial charge on any atom is -0.462 e. The van der Waals surface area contributed by atoms with E-state index in [0.29, 0.717) is 19.3 Å². The molecular weight excluding hydrogens is 853 g/mol. The molecule has 0 fully saturated rings. The average molecular weight is 958 g/mol. The highest BCUT2D eigenvalue weighted by Gasteiger charge is 2.19. The van der Waals surface area contributed by atoms with Gasteiger partial charge in [-0.25, -0.2) is 0 Å². The molecule has 0 saturated carbocycles. The van der Waals surface area contributed by atoms with Crippen LogP contribution in [0.15, 0.2) is 109 Å². The summed E-state index contributed by atoms with van der Waals surface area (Å²) < 4.78 is 16.8. The summed E-state index contributed by atoms with van der Waals surface area (Å²) in [5, 5.41) is 0. The molecule has 0 N–H and O–H groups in total. The summed E-state index contributed by atoms with van der Waals surface area (Å²) in [5.41, 5.74) is 0. The van der Waals surface area contributed by atoms with E-state index in [1.54, 1.807) is 0 Å². The molecule has 0 aliphatic rings. The Bertz CT molecular complexity index is 1420. The van der Waals surface area contributed by atoms with Gasteiger partial charge in [0, 0.05) is 19.3 Å². The standard InChI is InChI=1S/C63H104O6/c1-4-7-10-13-16-19-21-23-25-26-27-28-29-30-31-32-33-34-35-36-38-39-41-44-47-50-53-56-62(65)68-59-60(58-67-61(64)55-52-49-46-43-18-15-12-9-6-3)69-63(66)57-54-51-48-45-42-40-37-24-22-20-17-14-11-8-5-2/h7-8,10-11,16-17,19-20,23-25,27-28,30-31,33-34,37,60H,4-6,9,12-15,18,21-22,26,29,32,35-36,38-59H2,1-3H3/b10-7-,11-8-,19-16-,20-17-,25-23-,28-27-,31-30-,34-33-,37-24-. The summed E-state index contributed by atoms with van der Waals surface area (Å²) in [7, 11) is 0. The first-order valence-corrected chi connectivity index (χ1v) is 28.4. The van der Waals surface area contributed by atoms with Gasteiger partial charge in [-0.2, -0.15) is 0 Å². The second-order valence-electron chi connectivity index (χ2n) is 18.4. The Kier molecular flexibility index (Phi) is 53.4. The van der Waals surface area contributed by atoms with Crippen LogP contribution in [0.1, 0.15) is 252 Å². The van der Waals surface area contributed by atoms with Crippen LogP contribution >= 0.6 is 0 Å². The van der Waals surface area contributed by atoms with Crippen LogP contribution in [0.2, 0.25) is 0 Å². The van der Waals surface area contributed by atoms with Crippen LogP contribution in [0.4, 0.5) is 0 Å². The molecule has 69 heavy (non-hydrogen) atoms. The van der Waals surface area contributed by atoms with Crippen molar-refractivity contribution in [2.45, 2.75) is 258 Å². The van der Waals surface area contributed by atoms with Gasteiger partial charge < -0.3 is 14.2 Å². The molecule has 0 aromatic heterocycles. The number of carbonyl (C=O) groups excluding carboxylic acids is 3. The Morgan fingerprint density at radius 1 is 0.304 bits per heavy atom. The molecule has 0 radical (unpaired) electrons. The average Bonchev–Trinajstić information content (AvgIpc) is 3.35.